The summed E-state index contributed by atoms with van der Waals surface area (Å²) >= 11 is 4.27. The highest BCUT2D eigenvalue weighted by molar-refractivity contribution is 9.10. The van der Waals surface area contributed by atoms with E-state index in [0.29, 0.717) is 32.8 Å². The van der Waals surface area contributed by atoms with Gasteiger partial charge in [-0.1, -0.05) is 24.3 Å². The maximum Gasteiger partial charge on any atom is 0.294 e. The van der Waals surface area contributed by atoms with E-state index in [9.17, 15) is 14.4 Å². The van der Waals surface area contributed by atoms with Crippen molar-refractivity contribution in [1.29, 1.82) is 5.26 Å². The minimum absolute atomic E-state index is 0.194. The van der Waals surface area contributed by atoms with Crippen molar-refractivity contribution < 1.29 is 23.9 Å². The number of nitrogens with zero attached hydrogens (tertiary/aromatic N) is 2. The third-order valence-electron chi connectivity index (χ3n) is 5.86. The van der Waals surface area contributed by atoms with E-state index in [1.165, 1.54) is 7.11 Å². The average molecular weight is 606 g/mol. The smallest absolute Gasteiger partial charge is 0.294 e. The number of anilines is 1. The van der Waals surface area contributed by atoms with Crippen LogP contribution in [-0.4, -0.2) is 35.6 Å². The molecule has 1 heterocycles. The predicted octanol–water partition coefficient (Wildman–Crippen LogP) is 6.20. The average Bonchev–Trinajstić information content (AvgIpc) is 3.17. The van der Waals surface area contributed by atoms with Crippen LogP contribution in [0.3, 0.4) is 0 Å². The monoisotopic (exact) mass is 605 g/mol. The molecule has 3 aromatic carbocycles. The molecule has 3 aromatic rings. The molecule has 8 nitrogen and oxygen atoms in total. The number of carbonyl (C=O) groups is 3. The van der Waals surface area contributed by atoms with Crippen LogP contribution >= 0.6 is 27.7 Å². The summed E-state index contributed by atoms with van der Waals surface area (Å²) in [5, 5.41) is 11.2. The lowest BCUT2D eigenvalue weighted by Crippen LogP contribution is -2.36. The first-order chi connectivity index (χ1) is 18.7. The Labute approximate surface area is 238 Å². The number of methoxy groups -OCH3 is 1. The number of ether oxygens (including phenoxy) is 2. The van der Waals surface area contributed by atoms with Crippen LogP contribution in [0.5, 0.6) is 11.5 Å². The standard InChI is InChI=1S/C29H24BrN3O5S/c1-17-4-5-18(2)23(10-17)32-26(34)15-33-28(35)25(39-29(33)36)13-21-11-22(30)27(24(12-21)37-3)38-16-20-8-6-19(14-31)7-9-20/h4-13H,15-16H2,1-3H3,(H,32,34)/b25-13+. The van der Waals surface area contributed by atoms with Gasteiger partial charge in [-0.2, -0.15) is 5.26 Å². The van der Waals surface area contributed by atoms with E-state index in [2.05, 4.69) is 27.3 Å². The van der Waals surface area contributed by atoms with E-state index < -0.39 is 17.1 Å². The van der Waals surface area contributed by atoms with Gasteiger partial charge in [-0.25, -0.2) is 0 Å². The number of amides is 3. The molecule has 1 fully saturated rings. The van der Waals surface area contributed by atoms with Gasteiger partial charge in [-0.05, 0) is 100 Å². The molecule has 0 aliphatic carbocycles. The summed E-state index contributed by atoms with van der Waals surface area (Å²) in [4.78, 5) is 39.3. The number of carbonyl (C=O) groups excluding carboxylic acids is 3. The molecular weight excluding hydrogens is 582 g/mol. The summed E-state index contributed by atoms with van der Waals surface area (Å²) < 4.78 is 12.0. The van der Waals surface area contributed by atoms with Gasteiger partial charge in [0, 0.05) is 5.69 Å². The zero-order valence-electron chi connectivity index (χ0n) is 21.4. The second-order valence-corrected chi connectivity index (χ2v) is 10.6. The van der Waals surface area contributed by atoms with Crippen molar-refractivity contribution in [1.82, 2.24) is 4.90 Å². The molecule has 4 rings (SSSR count). The van der Waals surface area contributed by atoms with Crippen molar-refractivity contribution >= 4 is 56.5 Å². The summed E-state index contributed by atoms with van der Waals surface area (Å²) in [6.07, 6.45) is 1.57. The Morgan fingerprint density at radius 1 is 1.13 bits per heavy atom. The number of hydrogen-bond acceptors (Lipinski definition) is 7. The predicted molar refractivity (Wildman–Crippen MR) is 153 cm³/mol. The molecule has 198 valence electrons. The molecule has 3 amide bonds. The summed E-state index contributed by atoms with van der Waals surface area (Å²) in [5.74, 6) is -0.107. The maximum absolute atomic E-state index is 13.0. The largest absolute Gasteiger partial charge is 0.493 e. The first-order valence-corrected chi connectivity index (χ1v) is 13.4. The first kappa shape index (κ1) is 28.0. The molecule has 0 saturated carbocycles. The Morgan fingerprint density at radius 3 is 2.56 bits per heavy atom. The molecular formula is C29H24BrN3O5S. The number of hydrogen-bond donors (Lipinski definition) is 1. The molecule has 39 heavy (non-hydrogen) atoms. The lowest BCUT2D eigenvalue weighted by atomic mass is 10.1. The van der Waals surface area contributed by atoms with Crippen molar-refractivity contribution in [3.8, 4) is 17.6 Å². The number of aryl methyl sites for hydroxylation is 2. The van der Waals surface area contributed by atoms with Crippen molar-refractivity contribution in [3.05, 3.63) is 91.8 Å². The Morgan fingerprint density at radius 2 is 1.87 bits per heavy atom. The van der Waals surface area contributed by atoms with Gasteiger partial charge in [0.1, 0.15) is 13.2 Å². The zero-order chi connectivity index (χ0) is 28.1. The van der Waals surface area contributed by atoms with Crippen molar-refractivity contribution in [2.24, 2.45) is 0 Å². The Hall–Kier alpha value is -4.07. The van der Waals surface area contributed by atoms with E-state index in [1.54, 1.807) is 30.3 Å². The SMILES string of the molecule is COc1cc(/C=C2/SC(=O)N(CC(=O)Nc3cc(C)ccc3C)C2=O)cc(Br)c1OCc1ccc(C#N)cc1. The van der Waals surface area contributed by atoms with Gasteiger partial charge in [0.25, 0.3) is 11.1 Å². The first-order valence-electron chi connectivity index (χ1n) is 11.8. The molecule has 0 aromatic heterocycles. The van der Waals surface area contributed by atoms with Gasteiger partial charge in [-0.3, -0.25) is 19.3 Å². The fourth-order valence-electron chi connectivity index (χ4n) is 3.79. The summed E-state index contributed by atoms with van der Waals surface area (Å²) in [6.45, 7) is 3.65. The maximum atomic E-state index is 13.0. The normalized spacial score (nSPS) is 13.9. The molecule has 0 spiro atoms. The Bertz CT molecular complexity index is 1530. The number of imide groups is 1. The van der Waals surface area contributed by atoms with Gasteiger partial charge in [-0.15, -0.1) is 0 Å². The van der Waals surface area contributed by atoms with Crippen molar-refractivity contribution in [3.63, 3.8) is 0 Å². The zero-order valence-corrected chi connectivity index (χ0v) is 23.8. The van der Waals surface area contributed by atoms with Crippen LogP contribution in [0.1, 0.15) is 27.8 Å². The highest BCUT2D eigenvalue weighted by Crippen LogP contribution is 2.39. The topological polar surface area (TPSA) is 109 Å². The highest BCUT2D eigenvalue weighted by Gasteiger charge is 2.36. The van der Waals surface area contributed by atoms with Gasteiger partial charge in [0.2, 0.25) is 5.91 Å². The minimum atomic E-state index is -0.544. The van der Waals surface area contributed by atoms with E-state index >= 15 is 0 Å². The molecule has 0 radical (unpaired) electrons. The van der Waals surface area contributed by atoms with Crippen LogP contribution in [0.4, 0.5) is 10.5 Å². The van der Waals surface area contributed by atoms with Gasteiger partial charge in [0.15, 0.2) is 11.5 Å². The molecule has 1 saturated heterocycles. The Balaban J connectivity index is 1.47. The lowest BCUT2D eigenvalue weighted by molar-refractivity contribution is -0.127. The molecule has 0 unspecified atom stereocenters. The number of nitriles is 1. The van der Waals surface area contributed by atoms with Gasteiger partial charge < -0.3 is 14.8 Å². The molecule has 1 aliphatic heterocycles. The number of halogens is 1. The Kier molecular flexibility index (Phi) is 8.74. The van der Waals surface area contributed by atoms with Crippen LogP contribution < -0.4 is 14.8 Å². The summed E-state index contributed by atoms with van der Waals surface area (Å²) in [5.41, 5.74) is 4.55. The number of thioether (sulfide) groups is 1. The molecule has 1 aliphatic rings. The molecule has 0 atom stereocenters. The van der Waals surface area contributed by atoms with Crippen LogP contribution in [0.25, 0.3) is 6.08 Å². The summed E-state index contributed by atoms with van der Waals surface area (Å²) in [6, 6.07) is 18.2. The van der Waals surface area contributed by atoms with Crippen molar-refractivity contribution in [2.75, 3.05) is 19.0 Å². The van der Waals surface area contributed by atoms with Crippen LogP contribution in [0.15, 0.2) is 64.0 Å². The number of rotatable bonds is 8. The third kappa shape index (κ3) is 6.69. The van der Waals surface area contributed by atoms with E-state index in [-0.39, 0.29) is 18.1 Å². The van der Waals surface area contributed by atoms with Crippen LogP contribution in [0, 0.1) is 25.2 Å². The lowest BCUT2D eigenvalue weighted by Gasteiger charge is -2.14. The minimum Gasteiger partial charge on any atom is -0.493 e. The highest BCUT2D eigenvalue weighted by atomic mass is 79.9. The third-order valence-corrected chi connectivity index (χ3v) is 7.35. The molecule has 0 bridgehead atoms. The second-order valence-electron chi connectivity index (χ2n) is 8.77. The molecule has 1 N–H and O–H groups in total. The fraction of sp³-hybridized carbons (Fsp3) is 0.172. The van der Waals surface area contributed by atoms with Crippen LogP contribution in [-0.2, 0) is 16.2 Å². The molecule has 10 heteroatoms. The second kappa shape index (κ2) is 12.2. The van der Waals surface area contributed by atoms with E-state index in [4.69, 9.17) is 14.7 Å². The summed E-state index contributed by atoms with van der Waals surface area (Å²) in [7, 11) is 1.50. The number of benzene rings is 3. The fourth-order valence-corrected chi connectivity index (χ4v) is 5.20. The quantitative estimate of drug-likeness (QED) is 0.304. The van der Waals surface area contributed by atoms with E-state index in [0.717, 1.165) is 33.4 Å². The van der Waals surface area contributed by atoms with Crippen molar-refractivity contribution in [2.45, 2.75) is 20.5 Å². The van der Waals surface area contributed by atoms with Crippen LogP contribution in [0.2, 0.25) is 0 Å². The van der Waals surface area contributed by atoms with E-state index in [1.807, 2.05) is 44.2 Å². The van der Waals surface area contributed by atoms with Gasteiger partial charge >= 0.3 is 0 Å². The number of nitrogens with one attached hydrogen (secondary N) is 1. The van der Waals surface area contributed by atoms with Gasteiger partial charge in [0.05, 0.1) is 28.1 Å².